The fourth-order valence-corrected chi connectivity index (χ4v) is 1.63. The first-order chi connectivity index (χ1) is 8.12. The van der Waals surface area contributed by atoms with Crippen LogP contribution >= 0.6 is 0 Å². The molecule has 1 aromatic heterocycles. The Morgan fingerprint density at radius 3 is 2.35 bits per heavy atom. The number of nitriles is 1. The van der Waals surface area contributed by atoms with Gasteiger partial charge in [-0.15, -0.1) is 0 Å². The molecule has 5 heteroatoms. The SMILES string of the molecule is CCN(CC)c1cc(N(C)CC#N)nc(C)n1. The molecule has 0 aliphatic rings. The lowest BCUT2D eigenvalue weighted by molar-refractivity contribution is 0.829. The van der Waals surface area contributed by atoms with Crippen molar-refractivity contribution in [2.75, 3.05) is 36.5 Å². The van der Waals surface area contributed by atoms with Crippen LogP contribution in [0.2, 0.25) is 0 Å². The molecule has 0 saturated heterocycles. The van der Waals surface area contributed by atoms with E-state index in [9.17, 15) is 0 Å². The second-order valence-electron chi connectivity index (χ2n) is 3.82. The summed E-state index contributed by atoms with van der Waals surface area (Å²) in [6.45, 7) is 8.22. The molecule has 1 aromatic rings. The zero-order valence-electron chi connectivity index (χ0n) is 10.9. The fourth-order valence-electron chi connectivity index (χ4n) is 1.63. The van der Waals surface area contributed by atoms with Crippen molar-refractivity contribution in [1.29, 1.82) is 5.26 Å². The minimum atomic E-state index is 0.328. The van der Waals surface area contributed by atoms with E-state index in [1.165, 1.54) is 0 Å². The second-order valence-corrected chi connectivity index (χ2v) is 3.82. The Hall–Kier alpha value is -1.83. The minimum absolute atomic E-state index is 0.328. The van der Waals surface area contributed by atoms with Crippen LogP contribution in [-0.2, 0) is 0 Å². The number of aromatic nitrogens is 2. The molecular formula is C12H19N5. The Bertz CT molecular complexity index is 406. The van der Waals surface area contributed by atoms with Crippen LogP contribution in [0.4, 0.5) is 11.6 Å². The first kappa shape index (κ1) is 13.2. The van der Waals surface area contributed by atoms with Crippen LogP contribution in [0, 0.1) is 18.3 Å². The molecule has 0 aliphatic heterocycles. The predicted octanol–water partition coefficient (Wildman–Crippen LogP) is 1.59. The van der Waals surface area contributed by atoms with Gasteiger partial charge in [-0.1, -0.05) is 0 Å². The van der Waals surface area contributed by atoms with E-state index in [1.54, 1.807) is 0 Å². The summed E-state index contributed by atoms with van der Waals surface area (Å²) < 4.78 is 0. The minimum Gasteiger partial charge on any atom is -0.357 e. The monoisotopic (exact) mass is 233 g/mol. The Morgan fingerprint density at radius 2 is 1.82 bits per heavy atom. The first-order valence-corrected chi connectivity index (χ1v) is 5.81. The van der Waals surface area contributed by atoms with E-state index in [1.807, 2.05) is 24.9 Å². The molecule has 0 aliphatic carbocycles. The number of hydrogen-bond acceptors (Lipinski definition) is 5. The van der Waals surface area contributed by atoms with Gasteiger partial charge in [0.2, 0.25) is 0 Å². The molecule has 1 rings (SSSR count). The maximum absolute atomic E-state index is 8.69. The summed E-state index contributed by atoms with van der Waals surface area (Å²) in [5.74, 6) is 2.44. The van der Waals surface area contributed by atoms with E-state index in [0.29, 0.717) is 6.54 Å². The van der Waals surface area contributed by atoms with Crippen molar-refractivity contribution < 1.29 is 0 Å². The third-order valence-electron chi connectivity index (χ3n) is 2.60. The van der Waals surface area contributed by atoms with Crippen molar-refractivity contribution in [1.82, 2.24) is 9.97 Å². The molecule has 0 aromatic carbocycles. The van der Waals surface area contributed by atoms with E-state index < -0.39 is 0 Å². The van der Waals surface area contributed by atoms with Gasteiger partial charge in [0.05, 0.1) is 6.07 Å². The topological polar surface area (TPSA) is 56.0 Å². The van der Waals surface area contributed by atoms with Gasteiger partial charge in [0.1, 0.15) is 24.0 Å². The standard InChI is InChI=1S/C12H19N5/c1-5-17(6-2)12-9-11(14-10(3)15-12)16(4)8-7-13/h9H,5-6,8H2,1-4H3. The number of hydrogen-bond donors (Lipinski definition) is 0. The summed E-state index contributed by atoms with van der Waals surface area (Å²) in [7, 11) is 1.86. The van der Waals surface area contributed by atoms with Crippen molar-refractivity contribution >= 4 is 11.6 Å². The van der Waals surface area contributed by atoms with Crippen molar-refractivity contribution in [2.24, 2.45) is 0 Å². The van der Waals surface area contributed by atoms with Crippen LogP contribution in [0.5, 0.6) is 0 Å². The highest BCUT2D eigenvalue weighted by molar-refractivity contribution is 5.51. The van der Waals surface area contributed by atoms with E-state index >= 15 is 0 Å². The van der Waals surface area contributed by atoms with Gasteiger partial charge in [-0.2, -0.15) is 5.26 Å². The number of anilines is 2. The summed E-state index contributed by atoms with van der Waals surface area (Å²) in [5, 5.41) is 8.69. The fraction of sp³-hybridized carbons (Fsp3) is 0.583. The van der Waals surface area contributed by atoms with Crippen LogP contribution in [0.25, 0.3) is 0 Å². The zero-order valence-corrected chi connectivity index (χ0v) is 10.9. The molecule has 0 atom stereocenters. The molecule has 1 heterocycles. The van der Waals surface area contributed by atoms with Gasteiger partial charge in [-0.05, 0) is 20.8 Å². The van der Waals surface area contributed by atoms with Crippen LogP contribution in [0.3, 0.4) is 0 Å². The van der Waals surface area contributed by atoms with Gasteiger partial charge in [0.15, 0.2) is 0 Å². The Kier molecular flexibility index (Phi) is 4.70. The lowest BCUT2D eigenvalue weighted by atomic mass is 10.4. The van der Waals surface area contributed by atoms with E-state index in [-0.39, 0.29) is 0 Å². The molecule has 0 fully saturated rings. The van der Waals surface area contributed by atoms with Gasteiger partial charge in [-0.25, -0.2) is 9.97 Å². The highest BCUT2D eigenvalue weighted by Gasteiger charge is 2.09. The van der Waals surface area contributed by atoms with Crippen molar-refractivity contribution in [3.05, 3.63) is 11.9 Å². The summed E-state index contributed by atoms with van der Waals surface area (Å²) in [6.07, 6.45) is 0. The zero-order chi connectivity index (χ0) is 12.8. The van der Waals surface area contributed by atoms with Gasteiger partial charge >= 0.3 is 0 Å². The first-order valence-electron chi connectivity index (χ1n) is 5.81. The average molecular weight is 233 g/mol. The molecule has 0 bridgehead atoms. The maximum Gasteiger partial charge on any atom is 0.134 e. The predicted molar refractivity (Wildman–Crippen MR) is 69.2 cm³/mol. The van der Waals surface area contributed by atoms with Gasteiger partial charge in [0, 0.05) is 26.2 Å². The van der Waals surface area contributed by atoms with Gasteiger partial charge < -0.3 is 9.80 Å². The molecule has 92 valence electrons. The van der Waals surface area contributed by atoms with Crippen LogP contribution in [0.15, 0.2) is 6.07 Å². The maximum atomic E-state index is 8.69. The average Bonchev–Trinajstić information content (AvgIpc) is 2.30. The molecule has 0 spiro atoms. The molecular weight excluding hydrogens is 214 g/mol. The number of nitrogens with zero attached hydrogens (tertiary/aromatic N) is 5. The molecule has 0 saturated carbocycles. The molecule has 0 amide bonds. The van der Waals surface area contributed by atoms with E-state index in [4.69, 9.17) is 5.26 Å². The molecule has 5 nitrogen and oxygen atoms in total. The third-order valence-corrected chi connectivity index (χ3v) is 2.60. The summed E-state index contributed by atoms with van der Waals surface area (Å²) in [6, 6.07) is 4.04. The molecule has 17 heavy (non-hydrogen) atoms. The highest BCUT2D eigenvalue weighted by atomic mass is 15.2. The van der Waals surface area contributed by atoms with Crippen molar-refractivity contribution in [3.63, 3.8) is 0 Å². The third kappa shape index (κ3) is 3.31. The van der Waals surface area contributed by atoms with Gasteiger partial charge in [0.25, 0.3) is 0 Å². The Labute approximate surface area is 103 Å². The van der Waals surface area contributed by atoms with Crippen LogP contribution < -0.4 is 9.80 Å². The largest absolute Gasteiger partial charge is 0.357 e. The summed E-state index contributed by atoms with van der Waals surface area (Å²) in [5.41, 5.74) is 0. The Balaban J connectivity index is 3.06. The van der Waals surface area contributed by atoms with E-state index in [0.717, 1.165) is 30.5 Å². The van der Waals surface area contributed by atoms with Gasteiger partial charge in [-0.3, -0.25) is 0 Å². The normalized spacial score (nSPS) is 9.82. The lowest BCUT2D eigenvalue weighted by Crippen LogP contribution is -2.25. The van der Waals surface area contributed by atoms with Crippen LogP contribution in [-0.4, -0.2) is 36.6 Å². The number of aryl methyl sites for hydroxylation is 1. The van der Waals surface area contributed by atoms with Crippen molar-refractivity contribution in [2.45, 2.75) is 20.8 Å². The molecule has 0 N–H and O–H groups in total. The molecule has 0 unspecified atom stereocenters. The summed E-state index contributed by atoms with van der Waals surface area (Å²) in [4.78, 5) is 12.8. The highest BCUT2D eigenvalue weighted by Crippen LogP contribution is 2.17. The van der Waals surface area contributed by atoms with E-state index in [2.05, 4.69) is 34.8 Å². The van der Waals surface area contributed by atoms with Crippen molar-refractivity contribution in [3.8, 4) is 6.07 Å². The quantitative estimate of drug-likeness (QED) is 0.723. The lowest BCUT2D eigenvalue weighted by Gasteiger charge is -2.22. The smallest absolute Gasteiger partial charge is 0.134 e. The Morgan fingerprint density at radius 1 is 1.24 bits per heavy atom. The second kappa shape index (κ2) is 6.04. The number of rotatable bonds is 5. The summed E-state index contributed by atoms with van der Waals surface area (Å²) >= 11 is 0. The molecule has 0 radical (unpaired) electrons. The van der Waals surface area contributed by atoms with Crippen LogP contribution in [0.1, 0.15) is 19.7 Å².